The van der Waals surface area contributed by atoms with Crippen LogP contribution in [0.3, 0.4) is 0 Å². The average molecular weight is 413 g/mol. The number of aliphatic hydroxyl groups excluding tert-OH is 1. The molecule has 162 valence electrons. The number of esters is 1. The second-order valence-corrected chi connectivity index (χ2v) is 10.5. The van der Waals surface area contributed by atoms with E-state index in [4.69, 9.17) is 4.74 Å². The Kier molecular flexibility index (Phi) is 5.00. The highest BCUT2D eigenvalue weighted by Gasteiger charge is 2.62. The summed E-state index contributed by atoms with van der Waals surface area (Å²) in [5.41, 5.74) is 4.48. The van der Waals surface area contributed by atoms with Gasteiger partial charge in [0, 0.05) is 6.42 Å². The molecule has 2 fully saturated rings. The number of halogens is 1. The van der Waals surface area contributed by atoms with Crippen molar-refractivity contribution in [3.63, 3.8) is 0 Å². The zero-order valence-corrected chi connectivity index (χ0v) is 18.7. The van der Waals surface area contributed by atoms with Crippen molar-refractivity contribution < 1.29 is 19.0 Å². The van der Waals surface area contributed by atoms with E-state index in [-0.39, 0.29) is 34.5 Å². The minimum Gasteiger partial charge on any atom is -0.458 e. The van der Waals surface area contributed by atoms with Crippen molar-refractivity contribution in [1.29, 1.82) is 0 Å². The summed E-state index contributed by atoms with van der Waals surface area (Å²) in [6.45, 7) is 11.3. The van der Waals surface area contributed by atoms with Crippen molar-refractivity contribution in [2.24, 2.45) is 16.2 Å². The first kappa shape index (κ1) is 21.3. The van der Waals surface area contributed by atoms with Gasteiger partial charge in [-0.15, -0.1) is 0 Å². The predicted molar refractivity (Wildman–Crippen MR) is 116 cm³/mol. The lowest BCUT2D eigenvalue weighted by molar-refractivity contribution is -0.156. The smallest absolute Gasteiger partial charge is 0.309 e. The van der Waals surface area contributed by atoms with Gasteiger partial charge in [0.2, 0.25) is 0 Å². The normalized spacial score (nSPS) is 35.8. The molecule has 1 aliphatic heterocycles. The fraction of sp³-hybridized carbons (Fsp3) is 0.577. The van der Waals surface area contributed by atoms with E-state index in [0.717, 1.165) is 24.8 Å². The van der Waals surface area contributed by atoms with Crippen molar-refractivity contribution in [1.82, 2.24) is 0 Å². The first-order valence-electron chi connectivity index (χ1n) is 11.0. The highest BCUT2D eigenvalue weighted by Crippen LogP contribution is 2.71. The van der Waals surface area contributed by atoms with E-state index in [0.29, 0.717) is 12.0 Å². The van der Waals surface area contributed by atoms with Gasteiger partial charge >= 0.3 is 5.97 Å². The first-order chi connectivity index (χ1) is 14.0. The maximum atomic E-state index is 14.0. The van der Waals surface area contributed by atoms with Gasteiger partial charge in [-0.1, -0.05) is 39.8 Å². The number of aryl methyl sites for hydroxylation is 1. The molecule has 4 rings (SSSR count). The predicted octanol–water partition coefficient (Wildman–Crippen LogP) is 5.75. The van der Waals surface area contributed by atoms with Crippen molar-refractivity contribution in [2.45, 2.75) is 78.9 Å². The summed E-state index contributed by atoms with van der Waals surface area (Å²) in [5, 5.41) is 9.96. The summed E-state index contributed by atoms with van der Waals surface area (Å²) >= 11 is 0. The zero-order chi connectivity index (χ0) is 21.9. The molecule has 30 heavy (non-hydrogen) atoms. The third-order valence-electron chi connectivity index (χ3n) is 8.73. The van der Waals surface area contributed by atoms with E-state index < -0.39 is 12.2 Å². The summed E-state index contributed by atoms with van der Waals surface area (Å²) in [5.74, 6) is -0.536. The topological polar surface area (TPSA) is 46.5 Å². The summed E-state index contributed by atoms with van der Waals surface area (Å²) in [7, 11) is 0. The molecular formula is C26H33FO3. The molecule has 4 heteroatoms. The van der Waals surface area contributed by atoms with Crippen LogP contribution in [0.4, 0.5) is 4.39 Å². The van der Waals surface area contributed by atoms with Crippen molar-refractivity contribution in [2.75, 3.05) is 0 Å². The number of allylic oxidation sites excluding steroid dienone is 3. The lowest BCUT2D eigenvalue weighted by Gasteiger charge is -2.53. The lowest BCUT2D eigenvalue weighted by Crippen LogP contribution is -2.44. The summed E-state index contributed by atoms with van der Waals surface area (Å²) in [6, 6.07) is 5.40. The van der Waals surface area contributed by atoms with Gasteiger partial charge in [0.15, 0.2) is 0 Å². The Balaban J connectivity index is 1.82. The van der Waals surface area contributed by atoms with Gasteiger partial charge in [0.1, 0.15) is 11.9 Å². The number of hydrogen-bond acceptors (Lipinski definition) is 3. The molecule has 2 bridgehead atoms. The second-order valence-electron chi connectivity index (χ2n) is 10.5. The Labute approximate surface area is 179 Å². The second kappa shape index (κ2) is 7.05. The molecule has 1 aromatic rings. The van der Waals surface area contributed by atoms with Crippen LogP contribution in [-0.4, -0.2) is 23.3 Å². The minimum absolute atomic E-state index is 0.0363. The van der Waals surface area contributed by atoms with Gasteiger partial charge in [-0.2, -0.15) is 0 Å². The minimum atomic E-state index is -0.651. The van der Waals surface area contributed by atoms with Gasteiger partial charge < -0.3 is 9.84 Å². The van der Waals surface area contributed by atoms with Crippen LogP contribution in [0.5, 0.6) is 0 Å². The number of carbonyl (C=O) groups excluding carboxylic acids is 1. The van der Waals surface area contributed by atoms with E-state index in [1.165, 1.54) is 11.1 Å². The largest absolute Gasteiger partial charge is 0.458 e. The Hall–Kier alpha value is -1.94. The molecular weight excluding hydrogens is 379 g/mol. The summed E-state index contributed by atoms with van der Waals surface area (Å²) in [4.78, 5) is 11.8. The fourth-order valence-electron chi connectivity index (χ4n) is 5.92. The molecule has 0 spiro atoms. The molecule has 1 saturated heterocycles. The Morgan fingerprint density at radius 3 is 2.60 bits per heavy atom. The van der Waals surface area contributed by atoms with Crippen LogP contribution in [0.15, 0.2) is 35.9 Å². The highest BCUT2D eigenvalue weighted by molar-refractivity contribution is 5.76. The molecule has 0 amide bonds. The maximum absolute atomic E-state index is 14.0. The molecule has 1 heterocycles. The van der Waals surface area contributed by atoms with Crippen molar-refractivity contribution >= 4 is 11.5 Å². The lowest BCUT2D eigenvalue weighted by atomic mass is 9.51. The van der Waals surface area contributed by atoms with Crippen LogP contribution in [-0.2, 0) is 9.53 Å². The van der Waals surface area contributed by atoms with E-state index >= 15 is 0 Å². The van der Waals surface area contributed by atoms with Crippen molar-refractivity contribution in [3.8, 4) is 0 Å². The molecule has 4 atom stereocenters. The van der Waals surface area contributed by atoms with Crippen LogP contribution in [0.2, 0.25) is 0 Å². The summed E-state index contributed by atoms with van der Waals surface area (Å²) < 4.78 is 19.4. The number of cyclic esters (lactones) is 1. The van der Waals surface area contributed by atoms with Gasteiger partial charge in [0.05, 0.1) is 12.5 Å². The Bertz CT molecular complexity index is 944. The first-order valence-corrected chi connectivity index (χ1v) is 11.0. The van der Waals surface area contributed by atoms with Gasteiger partial charge in [-0.05, 0) is 82.9 Å². The molecule has 1 aromatic carbocycles. The zero-order valence-electron chi connectivity index (χ0n) is 18.7. The molecule has 1 N–H and O–H groups in total. The van der Waals surface area contributed by atoms with E-state index in [1.54, 1.807) is 6.07 Å². The standard InChI is InChI=1S/C26H33FO3/c1-16-12-17(6-9-22(16)27)20-15-25(4)10-11-26(5,24(25,2)3)21(20)8-7-19-13-18(28)14-23(29)30-19/h6-9,12,18-19,28H,10-11,13-15H2,1-5H3/t18?,19?,25-,26-/m1/s1. The van der Waals surface area contributed by atoms with Crippen LogP contribution in [0, 0.1) is 29.0 Å². The maximum Gasteiger partial charge on any atom is 0.309 e. The average Bonchev–Trinajstić information content (AvgIpc) is 2.76. The number of aliphatic hydroxyl groups is 1. The third-order valence-corrected chi connectivity index (χ3v) is 8.73. The van der Waals surface area contributed by atoms with Gasteiger partial charge in [0.25, 0.3) is 0 Å². The number of carbonyl (C=O) groups is 1. The van der Waals surface area contributed by atoms with Crippen LogP contribution < -0.4 is 0 Å². The van der Waals surface area contributed by atoms with Gasteiger partial charge in [-0.3, -0.25) is 4.79 Å². The SMILES string of the molecule is Cc1cc(C2=C(C=CC3CC(O)CC(=O)O3)[C@@]3(C)CC[C@](C)(C2)C3(C)C)ccc1F. The van der Waals surface area contributed by atoms with Crippen LogP contribution in [0.1, 0.15) is 70.9 Å². The molecule has 3 aliphatic rings. The van der Waals surface area contributed by atoms with Gasteiger partial charge in [-0.25, -0.2) is 4.39 Å². The van der Waals surface area contributed by atoms with E-state index in [1.807, 2.05) is 25.1 Å². The quantitative estimate of drug-likeness (QED) is 0.643. The summed E-state index contributed by atoms with van der Waals surface area (Å²) in [6.07, 6.45) is 6.67. The molecule has 0 aromatic heterocycles. The molecule has 2 aliphatic carbocycles. The molecule has 2 unspecified atom stereocenters. The van der Waals surface area contributed by atoms with Crippen LogP contribution >= 0.6 is 0 Å². The van der Waals surface area contributed by atoms with E-state index in [2.05, 4.69) is 33.8 Å². The molecule has 0 radical (unpaired) electrons. The van der Waals surface area contributed by atoms with Crippen molar-refractivity contribution in [3.05, 3.63) is 52.9 Å². The molecule has 1 saturated carbocycles. The third kappa shape index (κ3) is 3.15. The van der Waals surface area contributed by atoms with E-state index in [9.17, 15) is 14.3 Å². The van der Waals surface area contributed by atoms with Crippen LogP contribution in [0.25, 0.3) is 5.57 Å². The highest BCUT2D eigenvalue weighted by atomic mass is 19.1. The number of fused-ring (bicyclic) bond motifs is 2. The Morgan fingerprint density at radius 1 is 1.20 bits per heavy atom. The Morgan fingerprint density at radius 2 is 1.93 bits per heavy atom. The fourth-order valence-corrected chi connectivity index (χ4v) is 5.92. The monoisotopic (exact) mass is 412 g/mol. The number of hydrogen-bond donors (Lipinski definition) is 1. The number of ether oxygens (including phenoxy) is 1. The molecule has 3 nitrogen and oxygen atoms in total. The number of rotatable bonds is 3. The number of benzene rings is 1.